The van der Waals surface area contributed by atoms with E-state index in [9.17, 15) is 0 Å². The van der Waals surface area contributed by atoms with Crippen LogP contribution >= 0.6 is 0 Å². The summed E-state index contributed by atoms with van der Waals surface area (Å²) >= 11 is 0. The number of rotatable bonds is 4. The third-order valence-corrected chi connectivity index (χ3v) is 10.6. The molecule has 9 aromatic rings. The van der Waals surface area contributed by atoms with Crippen molar-refractivity contribution in [1.82, 2.24) is 0 Å². The van der Waals surface area contributed by atoms with Gasteiger partial charge < -0.3 is 9.32 Å². The maximum absolute atomic E-state index is 6.47. The van der Waals surface area contributed by atoms with E-state index < -0.39 is 0 Å². The van der Waals surface area contributed by atoms with Crippen LogP contribution in [0.5, 0.6) is 0 Å². The molecule has 1 aliphatic carbocycles. The van der Waals surface area contributed by atoms with Gasteiger partial charge >= 0.3 is 0 Å². The molecule has 10 rings (SSSR count). The summed E-state index contributed by atoms with van der Waals surface area (Å²) in [6.45, 7) is 4.71. The molecule has 232 valence electrons. The molecule has 0 atom stereocenters. The first-order valence-electron chi connectivity index (χ1n) is 17.0. The Bertz CT molecular complexity index is 2770. The van der Waals surface area contributed by atoms with Gasteiger partial charge in [0.25, 0.3) is 0 Å². The van der Waals surface area contributed by atoms with Crippen molar-refractivity contribution in [2.75, 3.05) is 4.90 Å². The lowest BCUT2D eigenvalue weighted by Gasteiger charge is -2.31. The summed E-state index contributed by atoms with van der Waals surface area (Å²) in [6.07, 6.45) is 0. The van der Waals surface area contributed by atoms with E-state index in [4.69, 9.17) is 4.42 Å². The quantitative estimate of drug-likeness (QED) is 0.193. The Morgan fingerprint density at radius 3 is 2.06 bits per heavy atom. The molecular weight excluding hydrogens is 595 g/mol. The number of furan rings is 1. The van der Waals surface area contributed by atoms with Gasteiger partial charge in [-0.05, 0) is 91.8 Å². The highest BCUT2D eigenvalue weighted by Gasteiger charge is 2.36. The number of benzene rings is 8. The Hall–Kier alpha value is -6.12. The van der Waals surface area contributed by atoms with Gasteiger partial charge in [0.15, 0.2) is 0 Å². The van der Waals surface area contributed by atoms with E-state index in [2.05, 4.69) is 176 Å². The number of fused-ring (bicyclic) bond motifs is 8. The fourth-order valence-electron chi connectivity index (χ4n) is 8.28. The van der Waals surface area contributed by atoms with Gasteiger partial charge in [-0.1, -0.05) is 135 Å². The highest BCUT2D eigenvalue weighted by Crippen LogP contribution is 2.53. The lowest BCUT2D eigenvalue weighted by atomic mass is 9.82. The summed E-state index contributed by atoms with van der Waals surface area (Å²) in [5, 5.41) is 7.12. The predicted molar refractivity (Wildman–Crippen MR) is 206 cm³/mol. The first-order valence-corrected chi connectivity index (χ1v) is 17.0. The molecule has 8 aromatic carbocycles. The minimum Gasteiger partial charge on any atom is -0.456 e. The third kappa shape index (κ3) is 4.14. The molecule has 2 nitrogen and oxygen atoms in total. The van der Waals surface area contributed by atoms with Gasteiger partial charge in [-0.25, -0.2) is 0 Å². The maximum atomic E-state index is 6.47. The van der Waals surface area contributed by atoms with E-state index in [0.717, 1.165) is 39.0 Å². The molecule has 1 heterocycles. The molecular formula is C47H33NO. The van der Waals surface area contributed by atoms with Crippen molar-refractivity contribution in [3.63, 3.8) is 0 Å². The first-order chi connectivity index (χ1) is 24.1. The Balaban J connectivity index is 1.31. The zero-order valence-electron chi connectivity index (χ0n) is 27.4. The number of hydrogen-bond acceptors (Lipinski definition) is 2. The van der Waals surface area contributed by atoms with Crippen LogP contribution in [0.4, 0.5) is 17.1 Å². The second-order valence-corrected chi connectivity index (χ2v) is 13.7. The maximum Gasteiger partial charge on any atom is 0.137 e. The zero-order valence-corrected chi connectivity index (χ0v) is 27.4. The monoisotopic (exact) mass is 627 g/mol. The molecule has 0 spiro atoms. The molecule has 0 amide bonds. The number of anilines is 3. The Morgan fingerprint density at radius 1 is 0.469 bits per heavy atom. The van der Waals surface area contributed by atoms with E-state index in [1.54, 1.807) is 0 Å². The molecule has 2 heteroatoms. The van der Waals surface area contributed by atoms with Crippen molar-refractivity contribution in [3.05, 3.63) is 175 Å². The minimum atomic E-state index is -0.132. The van der Waals surface area contributed by atoms with Gasteiger partial charge in [0.05, 0.1) is 16.8 Å². The lowest BCUT2D eigenvalue weighted by molar-refractivity contribution is 0.660. The third-order valence-electron chi connectivity index (χ3n) is 10.6. The lowest BCUT2D eigenvalue weighted by Crippen LogP contribution is -2.17. The van der Waals surface area contributed by atoms with Gasteiger partial charge in [-0.15, -0.1) is 0 Å². The van der Waals surface area contributed by atoms with Gasteiger partial charge in [0.1, 0.15) is 11.2 Å². The Kier molecular flexibility index (Phi) is 5.95. The highest BCUT2D eigenvalue weighted by atomic mass is 16.3. The average Bonchev–Trinajstić information content (AvgIpc) is 3.64. The van der Waals surface area contributed by atoms with E-state index >= 15 is 0 Å². The molecule has 0 N–H and O–H groups in total. The molecule has 0 unspecified atom stereocenters. The van der Waals surface area contributed by atoms with Crippen LogP contribution in [0.15, 0.2) is 168 Å². The van der Waals surface area contributed by atoms with Gasteiger partial charge in [0.2, 0.25) is 0 Å². The molecule has 49 heavy (non-hydrogen) atoms. The number of hydrogen-bond donors (Lipinski definition) is 0. The smallest absolute Gasteiger partial charge is 0.137 e. The van der Waals surface area contributed by atoms with Crippen LogP contribution < -0.4 is 4.90 Å². The van der Waals surface area contributed by atoms with E-state index in [-0.39, 0.29) is 5.41 Å². The molecule has 0 aliphatic heterocycles. The summed E-state index contributed by atoms with van der Waals surface area (Å²) in [4.78, 5) is 2.47. The summed E-state index contributed by atoms with van der Waals surface area (Å²) in [6, 6.07) is 59.6. The zero-order chi connectivity index (χ0) is 32.7. The summed E-state index contributed by atoms with van der Waals surface area (Å²) < 4.78 is 6.47. The van der Waals surface area contributed by atoms with Crippen molar-refractivity contribution < 1.29 is 4.42 Å². The Morgan fingerprint density at radius 2 is 1.16 bits per heavy atom. The van der Waals surface area contributed by atoms with Crippen LogP contribution in [-0.4, -0.2) is 0 Å². The highest BCUT2D eigenvalue weighted by molar-refractivity contribution is 6.15. The summed E-state index contributed by atoms with van der Waals surface area (Å²) in [7, 11) is 0. The second-order valence-electron chi connectivity index (χ2n) is 13.7. The number of nitrogens with zero attached hydrogens (tertiary/aromatic N) is 1. The molecule has 1 aliphatic rings. The van der Waals surface area contributed by atoms with E-state index in [0.29, 0.717) is 0 Å². The standard InChI is InChI=1S/C47H33NO/c1-47(2)39-18-9-7-16-36(39)37-26-25-34(29-40(37)47)48(41-19-11-21-44-46(41)38-17-8-10-20-43(38)49-44)42-27-24-31-13-5-6-15-35(31)45(42)33-23-22-30-12-3-4-14-32(30)28-33/h3-29H,1-2H3. The van der Waals surface area contributed by atoms with Crippen LogP contribution in [0.2, 0.25) is 0 Å². The molecule has 0 bridgehead atoms. The summed E-state index contributed by atoms with van der Waals surface area (Å²) in [5.41, 5.74) is 12.7. The first kappa shape index (κ1) is 27.9. The minimum absolute atomic E-state index is 0.132. The predicted octanol–water partition coefficient (Wildman–Crippen LogP) is 13.3. The van der Waals surface area contributed by atoms with Crippen molar-refractivity contribution in [1.29, 1.82) is 0 Å². The number of para-hydroxylation sites is 1. The van der Waals surface area contributed by atoms with Gasteiger partial charge in [-0.2, -0.15) is 0 Å². The van der Waals surface area contributed by atoms with Crippen LogP contribution in [0.1, 0.15) is 25.0 Å². The molecule has 0 saturated carbocycles. The normalized spacial score (nSPS) is 13.3. The van der Waals surface area contributed by atoms with Gasteiger partial charge in [-0.3, -0.25) is 0 Å². The fraction of sp³-hybridized carbons (Fsp3) is 0.0638. The van der Waals surface area contributed by atoms with Crippen LogP contribution in [0, 0.1) is 0 Å². The van der Waals surface area contributed by atoms with Crippen LogP contribution in [0.25, 0.3) is 65.7 Å². The van der Waals surface area contributed by atoms with Crippen molar-refractivity contribution in [3.8, 4) is 22.3 Å². The largest absolute Gasteiger partial charge is 0.456 e. The second kappa shape index (κ2) is 10.4. The van der Waals surface area contributed by atoms with Crippen LogP contribution in [0.3, 0.4) is 0 Å². The molecule has 0 radical (unpaired) electrons. The van der Waals surface area contributed by atoms with Crippen molar-refractivity contribution in [2.45, 2.75) is 19.3 Å². The molecule has 1 aromatic heterocycles. The summed E-state index contributed by atoms with van der Waals surface area (Å²) in [5.74, 6) is 0. The van der Waals surface area contributed by atoms with E-state index in [1.165, 1.54) is 54.9 Å². The topological polar surface area (TPSA) is 16.4 Å². The van der Waals surface area contributed by atoms with Gasteiger partial charge in [0, 0.05) is 22.1 Å². The van der Waals surface area contributed by atoms with Crippen LogP contribution in [-0.2, 0) is 5.41 Å². The SMILES string of the molecule is CC1(C)c2ccccc2-c2ccc(N(c3ccc4ccccc4c3-c3ccc4ccccc4c3)c3cccc4oc5ccccc5c34)cc21. The average molecular weight is 628 g/mol. The Labute approximate surface area is 285 Å². The van der Waals surface area contributed by atoms with E-state index in [1.807, 2.05) is 6.07 Å². The van der Waals surface area contributed by atoms with Crippen molar-refractivity contribution in [2.24, 2.45) is 0 Å². The van der Waals surface area contributed by atoms with Crippen molar-refractivity contribution >= 4 is 60.5 Å². The molecule has 0 fully saturated rings. The fourth-order valence-corrected chi connectivity index (χ4v) is 8.28. The molecule has 0 saturated heterocycles.